The van der Waals surface area contributed by atoms with Gasteiger partial charge >= 0.3 is 0 Å². The van der Waals surface area contributed by atoms with E-state index in [-0.39, 0.29) is 32.7 Å². The molecular formula is C16H22Y-2. The number of aryl methyl sites for hydroxylation is 1. The van der Waals surface area contributed by atoms with Crippen LogP contribution in [0.2, 0.25) is 0 Å². The summed E-state index contributed by atoms with van der Waals surface area (Å²) in [5.41, 5.74) is 5.42. The largest absolute Gasteiger partial charge is 0.332 e. The van der Waals surface area contributed by atoms with Crippen LogP contribution in [0.25, 0.3) is 5.57 Å². The Hall–Kier alpha value is -0.196. The van der Waals surface area contributed by atoms with Gasteiger partial charge in [0.15, 0.2) is 0 Å². The average Bonchev–Trinajstić information content (AvgIpc) is 2.20. The van der Waals surface area contributed by atoms with E-state index >= 15 is 0 Å². The van der Waals surface area contributed by atoms with Crippen molar-refractivity contribution < 1.29 is 32.7 Å². The fraction of sp³-hybridized carbons (Fsp3) is 0.375. The molecule has 1 aromatic carbocycles. The van der Waals surface area contributed by atoms with Crippen LogP contribution in [-0.2, 0) is 32.7 Å². The van der Waals surface area contributed by atoms with Gasteiger partial charge in [0.1, 0.15) is 0 Å². The Balaban J connectivity index is 0.00000256. The van der Waals surface area contributed by atoms with Crippen LogP contribution >= 0.6 is 0 Å². The maximum Gasteiger partial charge on any atom is 0 e. The fourth-order valence-corrected chi connectivity index (χ4v) is 1.85. The quantitative estimate of drug-likeness (QED) is 0.690. The van der Waals surface area contributed by atoms with Crippen LogP contribution in [0, 0.1) is 18.8 Å². The van der Waals surface area contributed by atoms with E-state index in [1.54, 1.807) is 0 Å². The molecule has 0 spiro atoms. The molecular weight excluding hydrogens is 281 g/mol. The van der Waals surface area contributed by atoms with Gasteiger partial charge in [0.2, 0.25) is 0 Å². The van der Waals surface area contributed by atoms with Crippen LogP contribution in [0.4, 0.5) is 0 Å². The summed E-state index contributed by atoms with van der Waals surface area (Å²) in [6.45, 7) is 13.0. The molecule has 0 saturated carbocycles. The zero-order chi connectivity index (χ0) is 12.3. The molecule has 0 N–H and O–H groups in total. The summed E-state index contributed by atoms with van der Waals surface area (Å²) in [5.74, 6) is 2.76. The van der Waals surface area contributed by atoms with Gasteiger partial charge in [-0.3, -0.25) is 11.8 Å². The Kier molecular flexibility index (Phi) is 7.20. The number of hydrogen-bond donors (Lipinski definition) is 0. The molecule has 0 aliphatic carbocycles. The third-order valence-corrected chi connectivity index (χ3v) is 2.97. The molecule has 91 valence electrons. The standard InChI is InChI=1S/C16H22.Y/c1-11(2)14(6)16(12(3)4)15-9-7-13(5)8-10-15;/h7-10H,1-6H3;/q-2;. The monoisotopic (exact) mass is 303 g/mol. The first-order chi connectivity index (χ1) is 7.43. The van der Waals surface area contributed by atoms with Gasteiger partial charge in [0.25, 0.3) is 0 Å². The molecule has 0 aliphatic rings. The van der Waals surface area contributed by atoms with Crippen LogP contribution in [-0.4, -0.2) is 0 Å². The van der Waals surface area contributed by atoms with Crippen LogP contribution in [0.3, 0.4) is 0 Å². The molecule has 0 aliphatic heterocycles. The summed E-state index contributed by atoms with van der Waals surface area (Å²) in [7, 11) is 0. The van der Waals surface area contributed by atoms with Gasteiger partial charge < -0.3 is 11.1 Å². The molecule has 0 nitrogen and oxygen atoms in total. The van der Waals surface area contributed by atoms with E-state index in [1.807, 2.05) is 0 Å². The van der Waals surface area contributed by atoms with Crippen molar-refractivity contribution in [2.75, 3.05) is 0 Å². The molecule has 0 unspecified atom stereocenters. The minimum Gasteiger partial charge on any atom is -0.332 e. The third-order valence-electron chi connectivity index (χ3n) is 2.97. The zero-order valence-corrected chi connectivity index (χ0v) is 14.7. The first-order valence-corrected chi connectivity index (χ1v) is 5.82. The van der Waals surface area contributed by atoms with E-state index in [4.69, 9.17) is 0 Å². The number of allylic oxidation sites excluding steroid dienone is 2. The summed E-state index contributed by atoms with van der Waals surface area (Å²) in [5, 5.41) is 0. The molecule has 0 aromatic heterocycles. The molecule has 17 heavy (non-hydrogen) atoms. The summed E-state index contributed by atoms with van der Waals surface area (Å²) in [6, 6.07) is 8.78. The van der Waals surface area contributed by atoms with E-state index in [9.17, 15) is 0 Å². The minimum absolute atomic E-state index is 0. The summed E-state index contributed by atoms with van der Waals surface area (Å²) < 4.78 is 0. The van der Waals surface area contributed by atoms with Gasteiger partial charge in [0, 0.05) is 32.7 Å². The molecule has 0 bridgehead atoms. The molecule has 1 aromatic rings. The minimum atomic E-state index is 0. The second-order valence-corrected chi connectivity index (χ2v) is 4.87. The molecule has 0 atom stereocenters. The Morgan fingerprint density at radius 3 is 1.71 bits per heavy atom. The Labute approximate surface area is 132 Å². The maximum absolute atomic E-state index is 2.21. The zero-order valence-electron chi connectivity index (χ0n) is 11.9. The van der Waals surface area contributed by atoms with Crippen LogP contribution in [0.1, 0.15) is 45.7 Å². The van der Waals surface area contributed by atoms with E-state index in [0.717, 1.165) is 0 Å². The average molecular weight is 303 g/mol. The normalized spacial score (nSPS) is 11.4. The topological polar surface area (TPSA) is 0 Å². The first kappa shape index (κ1) is 16.8. The van der Waals surface area contributed by atoms with E-state index < -0.39 is 0 Å². The van der Waals surface area contributed by atoms with Crippen molar-refractivity contribution in [1.29, 1.82) is 0 Å². The van der Waals surface area contributed by atoms with Gasteiger partial charge in [-0.25, -0.2) is 5.56 Å². The van der Waals surface area contributed by atoms with Crippen molar-refractivity contribution in [1.82, 2.24) is 0 Å². The second kappa shape index (κ2) is 7.29. The molecule has 0 fully saturated rings. The Bertz CT molecular complexity index is 369. The van der Waals surface area contributed by atoms with E-state index in [2.05, 4.69) is 65.8 Å². The van der Waals surface area contributed by atoms with Crippen molar-refractivity contribution in [3.05, 3.63) is 52.8 Å². The molecule has 0 amide bonds. The second-order valence-electron chi connectivity index (χ2n) is 4.87. The van der Waals surface area contributed by atoms with Crippen molar-refractivity contribution in [3.8, 4) is 0 Å². The first-order valence-electron chi connectivity index (χ1n) is 5.82. The van der Waals surface area contributed by atoms with E-state index in [0.29, 0.717) is 0 Å². The van der Waals surface area contributed by atoms with Crippen molar-refractivity contribution >= 4 is 5.57 Å². The summed E-state index contributed by atoms with van der Waals surface area (Å²) in [6.07, 6.45) is 0. The fourth-order valence-electron chi connectivity index (χ4n) is 1.85. The number of benzene rings is 1. The van der Waals surface area contributed by atoms with Gasteiger partial charge in [-0.2, -0.15) is 0 Å². The van der Waals surface area contributed by atoms with E-state index in [1.165, 1.54) is 34.1 Å². The predicted octanol–water partition coefficient (Wildman–Crippen LogP) is 4.99. The molecule has 0 saturated heterocycles. The molecule has 1 radical (unpaired) electrons. The molecule has 0 heterocycles. The van der Waals surface area contributed by atoms with Gasteiger partial charge in [-0.05, 0) is 6.92 Å². The van der Waals surface area contributed by atoms with Crippen molar-refractivity contribution in [3.63, 3.8) is 0 Å². The van der Waals surface area contributed by atoms with Gasteiger partial charge in [0.05, 0.1) is 0 Å². The molecule has 1 heteroatoms. The Morgan fingerprint density at radius 1 is 0.882 bits per heavy atom. The molecule has 1 rings (SSSR count). The number of hydrogen-bond acceptors (Lipinski definition) is 0. The van der Waals surface area contributed by atoms with Crippen LogP contribution in [0.5, 0.6) is 0 Å². The van der Waals surface area contributed by atoms with Crippen molar-refractivity contribution in [2.24, 2.45) is 0 Å². The van der Waals surface area contributed by atoms with Crippen molar-refractivity contribution in [2.45, 2.75) is 41.5 Å². The third kappa shape index (κ3) is 4.52. The van der Waals surface area contributed by atoms with Crippen LogP contribution < -0.4 is 0 Å². The van der Waals surface area contributed by atoms with Gasteiger partial charge in [-0.1, -0.05) is 17.7 Å². The Morgan fingerprint density at radius 2 is 1.35 bits per heavy atom. The van der Waals surface area contributed by atoms with Gasteiger partial charge in [-0.15, -0.1) is 46.8 Å². The number of rotatable bonds is 3. The SMILES string of the molecule is CC(=C(c1ccc(C)cc1)[C-](C)C)[C-](C)C.[Y]. The predicted molar refractivity (Wildman–Crippen MR) is 73.0 cm³/mol. The maximum atomic E-state index is 2.21. The van der Waals surface area contributed by atoms with Crippen LogP contribution in [0.15, 0.2) is 29.8 Å². The summed E-state index contributed by atoms with van der Waals surface area (Å²) in [4.78, 5) is 0. The summed E-state index contributed by atoms with van der Waals surface area (Å²) >= 11 is 0. The smallest absolute Gasteiger partial charge is 0 e.